The maximum absolute atomic E-state index is 12.9. The molecule has 0 amide bonds. The molecule has 7 heteroatoms. The van der Waals surface area contributed by atoms with Crippen LogP contribution < -0.4 is 5.73 Å². The van der Waals surface area contributed by atoms with Gasteiger partial charge in [0.1, 0.15) is 16.9 Å². The molecule has 0 saturated carbocycles. The Morgan fingerprint density at radius 2 is 1.86 bits per heavy atom. The standard InChI is InChI=1S/C22H21ClN4O2/c1-12(2)11-29-22(28)18-19-21(26-17-7-5-4-6-16(17)25-19)27(20(18)24)14-9-8-13(3)15(23)10-14/h4-10,12H,11,24H2,1-3H3. The number of carbonyl (C=O) groups is 1. The molecular weight excluding hydrogens is 388 g/mol. The second-order valence-corrected chi connectivity index (χ2v) is 7.81. The van der Waals surface area contributed by atoms with Crippen molar-refractivity contribution in [1.29, 1.82) is 0 Å². The first-order chi connectivity index (χ1) is 13.9. The van der Waals surface area contributed by atoms with Gasteiger partial charge in [-0.15, -0.1) is 0 Å². The number of anilines is 1. The maximum Gasteiger partial charge on any atom is 0.344 e. The van der Waals surface area contributed by atoms with Crippen LogP contribution >= 0.6 is 11.6 Å². The van der Waals surface area contributed by atoms with E-state index in [1.807, 2.05) is 57.2 Å². The Hall–Kier alpha value is -3.12. The zero-order valence-electron chi connectivity index (χ0n) is 16.4. The summed E-state index contributed by atoms with van der Waals surface area (Å²) >= 11 is 6.33. The van der Waals surface area contributed by atoms with Gasteiger partial charge >= 0.3 is 5.97 Å². The van der Waals surface area contributed by atoms with Crippen molar-refractivity contribution in [2.24, 2.45) is 5.92 Å². The lowest BCUT2D eigenvalue weighted by molar-refractivity contribution is 0.0462. The van der Waals surface area contributed by atoms with E-state index in [1.54, 1.807) is 10.6 Å². The fourth-order valence-electron chi connectivity index (χ4n) is 3.16. The number of carbonyl (C=O) groups excluding carboxylic acids is 1. The van der Waals surface area contributed by atoms with Gasteiger partial charge in [-0.2, -0.15) is 0 Å². The summed E-state index contributed by atoms with van der Waals surface area (Å²) in [7, 11) is 0. The third-order valence-electron chi connectivity index (χ3n) is 4.66. The van der Waals surface area contributed by atoms with Gasteiger partial charge in [0.2, 0.25) is 0 Å². The van der Waals surface area contributed by atoms with Crippen LogP contribution in [0.5, 0.6) is 0 Å². The van der Waals surface area contributed by atoms with E-state index in [2.05, 4.69) is 4.98 Å². The average molecular weight is 409 g/mol. The lowest BCUT2D eigenvalue weighted by Crippen LogP contribution is -2.12. The summed E-state index contributed by atoms with van der Waals surface area (Å²) in [6.07, 6.45) is 0. The number of aryl methyl sites for hydroxylation is 1. The molecule has 4 rings (SSSR count). The van der Waals surface area contributed by atoms with E-state index in [-0.39, 0.29) is 17.3 Å². The lowest BCUT2D eigenvalue weighted by atomic mass is 10.2. The van der Waals surface area contributed by atoms with Gasteiger partial charge in [0.25, 0.3) is 0 Å². The van der Waals surface area contributed by atoms with Gasteiger partial charge in [0.15, 0.2) is 5.65 Å². The van der Waals surface area contributed by atoms with Gasteiger partial charge in [-0.1, -0.05) is 43.6 Å². The average Bonchev–Trinajstić information content (AvgIpc) is 2.97. The van der Waals surface area contributed by atoms with E-state index in [4.69, 9.17) is 27.1 Å². The van der Waals surface area contributed by atoms with Gasteiger partial charge in [-0.05, 0) is 42.7 Å². The fraction of sp³-hybridized carbons (Fsp3) is 0.227. The van der Waals surface area contributed by atoms with E-state index in [0.29, 0.717) is 39.5 Å². The Morgan fingerprint density at radius 3 is 2.52 bits per heavy atom. The Kier molecular flexibility index (Phi) is 4.88. The molecule has 4 aromatic rings. The summed E-state index contributed by atoms with van der Waals surface area (Å²) in [5, 5.41) is 0.599. The largest absolute Gasteiger partial charge is 0.462 e. The number of aromatic nitrogens is 3. The Morgan fingerprint density at radius 1 is 1.17 bits per heavy atom. The van der Waals surface area contributed by atoms with Crippen LogP contribution in [0.1, 0.15) is 29.8 Å². The summed E-state index contributed by atoms with van der Waals surface area (Å²) in [5.41, 5.74) is 10.6. The zero-order chi connectivity index (χ0) is 20.7. The Bertz CT molecular complexity index is 1250. The highest BCUT2D eigenvalue weighted by molar-refractivity contribution is 6.31. The van der Waals surface area contributed by atoms with E-state index in [0.717, 1.165) is 5.56 Å². The lowest BCUT2D eigenvalue weighted by Gasteiger charge is -2.10. The molecule has 0 bridgehead atoms. The molecule has 0 radical (unpaired) electrons. The maximum atomic E-state index is 12.9. The number of benzene rings is 2. The van der Waals surface area contributed by atoms with Crippen molar-refractivity contribution in [2.45, 2.75) is 20.8 Å². The smallest absolute Gasteiger partial charge is 0.344 e. The molecule has 2 aromatic heterocycles. The fourth-order valence-corrected chi connectivity index (χ4v) is 3.33. The van der Waals surface area contributed by atoms with Gasteiger partial charge in [0.05, 0.1) is 23.3 Å². The first-order valence-electron chi connectivity index (χ1n) is 9.37. The molecule has 0 fully saturated rings. The van der Waals surface area contributed by atoms with Crippen molar-refractivity contribution in [1.82, 2.24) is 14.5 Å². The van der Waals surface area contributed by atoms with Gasteiger partial charge in [-0.3, -0.25) is 4.57 Å². The molecule has 0 saturated heterocycles. The zero-order valence-corrected chi connectivity index (χ0v) is 17.2. The first kappa shape index (κ1) is 19.2. The molecule has 6 nitrogen and oxygen atoms in total. The molecule has 0 unspecified atom stereocenters. The number of hydrogen-bond donors (Lipinski definition) is 1. The number of esters is 1. The highest BCUT2D eigenvalue weighted by Crippen LogP contribution is 2.32. The third-order valence-corrected chi connectivity index (χ3v) is 5.07. The number of para-hydroxylation sites is 2. The van der Waals surface area contributed by atoms with Crippen LogP contribution in [0.2, 0.25) is 5.02 Å². The van der Waals surface area contributed by atoms with Crippen molar-refractivity contribution in [3.05, 3.63) is 58.6 Å². The van der Waals surface area contributed by atoms with Crippen molar-refractivity contribution in [3.63, 3.8) is 0 Å². The van der Waals surface area contributed by atoms with Gasteiger partial charge in [0, 0.05) is 5.02 Å². The van der Waals surface area contributed by atoms with Crippen molar-refractivity contribution in [3.8, 4) is 5.69 Å². The van der Waals surface area contributed by atoms with Gasteiger partial charge < -0.3 is 10.5 Å². The molecule has 0 aliphatic carbocycles. The second-order valence-electron chi connectivity index (χ2n) is 7.41. The molecule has 0 aliphatic heterocycles. The number of nitrogens with two attached hydrogens (primary N) is 1. The van der Waals surface area contributed by atoms with Crippen LogP contribution in [0.25, 0.3) is 27.9 Å². The van der Waals surface area contributed by atoms with Crippen LogP contribution in [0, 0.1) is 12.8 Å². The highest BCUT2D eigenvalue weighted by atomic mass is 35.5. The number of fused-ring (bicyclic) bond motifs is 2. The minimum Gasteiger partial charge on any atom is -0.462 e. The molecule has 29 heavy (non-hydrogen) atoms. The molecular formula is C22H21ClN4O2. The predicted octanol–water partition coefficient (Wildman–Crippen LogP) is 4.93. The third kappa shape index (κ3) is 3.40. The topological polar surface area (TPSA) is 83.0 Å². The number of nitrogen functional groups attached to an aromatic ring is 1. The molecule has 2 heterocycles. The minimum absolute atomic E-state index is 0.205. The number of ether oxygens (including phenoxy) is 1. The summed E-state index contributed by atoms with van der Waals surface area (Å²) < 4.78 is 7.16. The van der Waals surface area contributed by atoms with E-state index >= 15 is 0 Å². The van der Waals surface area contributed by atoms with Crippen LogP contribution in [0.4, 0.5) is 5.82 Å². The normalized spacial score (nSPS) is 11.5. The van der Waals surface area contributed by atoms with Crippen LogP contribution in [0.15, 0.2) is 42.5 Å². The summed E-state index contributed by atoms with van der Waals surface area (Å²) in [6, 6.07) is 13.1. The minimum atomic E-state index is -0.511. The molecule has 148 valence electrons. The SMILES string of the molecule is Cc1ccc(-n2c(N)c(C(=O)OCC(C)C)c3nc4ccccc4nc32)cc1Cl. The van der Waals surface area contributed by atoms with E-state index in [9.17, 15) is 4.79 Å². The second kappa shape index (κ2) is 7.37. The van der Waals surface area contributed by atoms with Crippen molar-refractivity contribution < 1.29 is 9.53 Å². The Balaban J connectivity index is 2.01. The molecule has 2 N–H and O–H groups in total. The van der Waals surface area contributed by atoms with Crippen LogP contribution in [0.3, 0.4) is 0 Å². The first-order valence-corrected chi connectivity index (χ1v) is 9.75. The number of nitrogens with zero attached hydrogens (tertiary/aromatic N) is 3. The predicted molar refractivity (Wildman–Crippen MR) is 116 cm³/mol. The molecule has 0 spiro atoms. The number of halogens is 1. The summed E-state index contributed by atoms with van der Waals surface area (Å²) in [6.45, 7) is 6.16. The molecule has 0 aliphatic rings. The van der Waals surface area contributed by atoms with Crippen LogP contribution in [-0.2, 0) is 4.74 Å². The monoisotopic (exact) mass is 408 g/mol. The van der Waals surface area contributed by atoms with Crippen LogP contribution in [-0.4, -0.2) is 27.1 Å². The number of rotatable bonds is 4. The molecule has 2 aromatic carbocycles. The number of hydrogen-bond acceptors (Lipinski definition) is 5. The highest BCUT2D eigenvalue weighted by Gasteiger charge is 2.26. The quantitative estimate of drug-likeness (QED) is 0.484. The van der Waals surface area contributed by atoms with E-state index in [1.165, 1.54) is 0 Å². The Labute approximate surface area is 173 Å². The van der Waals surface area contributed by atoms with Crippen molar-refractivity contribution in [2.75, 3.05) is 12.3 Å². The summed E-state index contributed by atoms with van der Waals surface area (Å²) in [5.74, 6) is -0.0805. The van der Waals surface area contributed by atoms with E-state index < -0.39 is 5.97 Å². The molecule has 0 atom stereocenters. The van der Waals surface area contributed by atoms with Crippen molar-refractivity contribution >= 4 is 45.6 Å². The van der Waals surface area contributed by atoms with Gasteiger partial charge in [-0.25, -0.2) is 14.8 Å². The summed E-state index contributed by atoms with van der Waals surface area (Å²) in [4.78, 5) is 22.3.